The molecule has 0 radical (unpaired) electrons. The Labute approximate surface area is 131 Å². The lowest BCUT2D eigenvalue weighted by molar-refractivity contribution is 0.315. The number of benzene rings is 2. The first kappa shape index (κ1) is 13.4. The molecule has 2 heterocycles. The van der Waals surface area contributed by atoms with Gasteiger partial charge in [0.25, 0.3) is 0 Å². The monoisotopic (exact) mass is 307 g/mol. The summed E-state index contributed by atoms with van der Waals surface area (Å²) in [5.74, 6) is 1.25. The molecular formula is C16H13N5O2. The van der Waals surface area contributed by atoms with Crippen molar-refractivity contribution in [1.29, 1.82) is 0 Å². The number of hydrogen-bond donors (Lipinski definition) is 1. The van der Waals surface area contributed by atoms with Gasteiger partial charge >= 0.3 is 0 Å². The van der Waals surface area contributed by atoms with E-state index in [1.54, 1.807) is 20.4 Å². The zero-order chi connectivity index (χ0) is 15.8. The Morgan fingerprint density at radius 1 is 1.09 bits per heavy atom. The van der Waals surface area contributed by atoms with Crippen molar-refractivity contribution in [1.82, 2.24) is 20.3 Å². The number of hydrogen-bond acceptors (Lipinski definition) is 7. The quantitative estimate of drug-likeness (QED) is 0.622. The van der Waals surface area contributed by atoms with E-state index in [0.29, 0.717) is 17.2 Å². The number of fused-ring (bicyclic) bond motifs is 2. The van der Waals surface area contributed by atoms with Crippen molar-refractivity contribution in [2.24, 2.45) is 0 Å². The van der Waals surface area contributed by atoms with Gasteiger partial charge in [-0.1, -0.05) is 6.07 Å². The number of rotatable bonds is 3. The number of ether oxygens (including phenoxy) is 1. The van der Waals surface area contributed by atoms with E-state index in [1.807, 2.05) is 30.3 Å². The molecule has 0 saturated heterocycles. The summed E-state index contributed by atoms with van der Waals surface area (Å²) in [5, 5.41) is 11.6. The van der Waals surface area contributed by atoms with Crippen LogP contribution in [-0.4, -0.2) is 34.4 Å². The summed E-state index contributed by atoms with van der Waals surface area (Å²) in [5.41, 5.74) is 4.16. The van der Waals surface area contributed by atoms with E-state index in [1.165, 1.54) is 0 Å². The molecule has 7 heteroatoms. The molecular weight excluding hydrogens is 294 g/mol. The van der Waals surface area contributed by atoms with Crippen molar-refractivity contribution >= 4 is 27.9 Å². The maximum absolute atomic E-state index is 5.42. The number of aromatic nitrogens is 4. The van der Waals surface area contributed by atoms with Crippen LogP contribution in [0.4, 0.5) is 5.95 Å². The topological polar surface area (TPSA) is 86.0 Å². The molecule has 0 aliphatic carbocycles. The van der Waals surface area contributed by atoms with Crippen LogP contribution in [0, 0.1) is 0 Å². The zero-order valence-electron chi connectivity index (χ0n) is 12.6. The van der Waals surface area contributed by atoms with Crippen LogP contribution >= 0.6 is 0 Å². The second-order valence-corrected chi connectivity index (χ2v) is 4.99. The summed E-state index contributed by atoms with van der Waals surface area (Å²) in [6, 6.07) is 9.66. The van der Waals surface area contributed by atoms with E-state index < -0.39 is 0 Å². The minimum Gasteiger partial charge on any atom is -0.494 e. The van der Waals surface area contributed by atoms with Gasteiger partial charge in [0.1, 0.15) is 22.3 Å². The van der Waals surface area contributed by atoms with Crippen LogP contribution < -0.4 is 10.1 Å². The van der Waals surface area contributed by atoms with Gasteiger partial charge < -0.3 is 10.1 Å². The third-order valence-corrected chi connectivity index (χ3v) is 3.72. The molecule has 1 N–H and O–H groups in total. The van der Waals surface area contributed by atoms with E-state index in [9.17, 15) is 0 Å². The molecule has 0 atom stereocenters. The minimum atomic E-state index is 0.545. The highest BCUT2D eigenvalue weighted by molar-refractivity contribution is 5.99. The maximum Gasteiger partial charge on any atom is 0.223 e. The summed E-state index contributed by atoms with van der Waals surface area (Å²) < 4.78 is 10.2. The summed E-state index contributed by atoms with van der Waals surface area (Å²) >= 11 is 0. The van der Waals surface area contributed by atoms with Gasteiger partial charge in [0.2, 0.25) is 5.95 Å². The van der Waals surface area contributed by atoms with Crippen LogP contribution in [0.1, 0.15) is 0 Å². The maximum atomic E-state index is 5.42. The third kappa shape index (κ3) is 2.13. The lowest BCUT2D eigenvalue weighted by Gasteiger charge is -2.10. The average Bonchev–Trinajstić information content (AvgIpc) is 3.07. The molecule has 0 aliphatic heterocycles. The van der Waals surface area contributed by atoms with E-state index >= 15 is 0 Å². The molecule has 0 amide bonds. The standard InChI is InChI=1S/C16H13N5O2/c1-17-16-18-8-11-10(4-6-14(22-2)15(11)19-16)9-3-5-12-13(7-9)21-23-20-12/h3-8H,1-2H3,(H,17,18,19). The Morgan fingerprint density at radius 3 is 2.78 bits per heavy atom. The fraction of sp³-hybridized carbons (Fsp3) is 0.125. The van der Waals surface area contributed by atoms with Crippen LogP contribution in [0.25, 0.3) is 33.1 Å². The Bertz CT molecular complexity index is 1010. The van der Waals surface area contributed by atoms with Crippen LogP contribution in [0.5, 0.6) is 5.75 Å². The fourth-order valence-electron chi connectivity index (χ4n) is 2.58. The molecule has 23 heavy (non-hydrogen) atoms. The number of nitrogens with one attached hydrogen (secondary N) is 1. The fourth-order valence-corrected chi connectivity index (χ4v) is 2.58. The molecule has 7 nitrogen and oxygen atoms in total. The normalized spacial score (nSPS) is 11.0. The summed E-state index contributed by atoms with van der Waals surface area (Å²) in [7, 11) is 3.41. The highest BCUT2D eigenvalue weighted by Crippen LogP contribution is 2.34. The van der Waals surface area contributed by atoms with Crippen molar-refractivity contribution in [3.8, 4) is 16.9 Å². The van der Waals surface area contributed by atoms with Crippen molar-refractivity contribution in [2.75, 3.05) is 19.5 Å². The summed E-state index contributed by atoms with van der Waals surface area (Å²) in [4.78, 5) is 8.82. The molecule has 2 aromatic carbocycles. The summed E-state index contributed by atoms with van der Waals surface area (Å²) in [6.45, 7) is 0. The van der Waals surface area contributed by atoms with Crippen LogP contribution in [0.2, 0.25) is 0 Å². The van der Waals surface area contributed by atoms with Crippen molar-refractivity contribution in [3.05, 3.63) is 36.5 Å². The SMILES string of the molecule is CNc1ncc2c(-c3ccc4nonc4c3)ccc(OC)c2n1. The second kappa shape index (κ2) is 5.20. The molecule has 2 aromatic heterocycles. The van der Waals surface area contributed by atoms with Crippen molar-refractivity contribution < 1.29 is 9.37 Å². The predicted octanol–water partition coefficient (Wildman–Crippen LogP) is 2.88. The molecule has 0 unspecified atom stereocenters. The predicted molar refractivity (Wildman–Crippen MR) is 86.4 cm³/mol. The average molecular weight is 307 g/mol. The Hall–Kier alpha value is -3.22. The van der Waals surface area contributed by atoms with Gasteiger partial charge in [-0.3, -0.25) is 0 Å². The van der Waals surface area contributed by atoms with E-state index in [4.69, 9.17) is 9.37 Å². The van der Waals surface area contributed by atoms with Gasteiger partial charge in [-0.15, -0.1) is 0 Å². The highest BCUT2D eigenvalue weighted by atomic mass is 16.6. The Kier molecular flexibility index (Phi) is 3.04. The number of anilines is 1. The number of methoxy groups -OCH3 is 1. The minimum absolute atomic E-state index is 0.545. The van der Waals surface area contributed by atoms with Crippen LogP contribution in [-0.2, 0) is 0 Å². The third-order valence-electron chi connectivity index (χ3n) is 3.72. The van der Waals surface area contributed by atoms with E-state index in [-0.39, 0.29) is 0 Å². The largest absolute Gasteiger partial charge is 0.494 e. The second-order valence-electron chi connectivity index (χ2n) is 4.99. The smallest absolute Gasteiger partial charge is 0.223 e. The Balaban J connectivity index is 1.99. The van der Waals surface area contributed by atoms with Gasteiger partial charge in [-0.2, -0.15) is 0 Å². The van der Waals surface area contributed by atoms with Gasteiger partial charge in [0.05, 0.1) is 7.11 Å². The first-order valence-corrected chi connectivity index (χ1v) is 7.04. The lowest BCUT2D eigenvalue weighted by atomic mass is 10.0. The van der Waals surface area contributed by atoms with Gasteiger partial charge in [0.15, 0.2) is 0 Å². The molecule has 0 saturated carbocycles. The molecule has 0 bridgehead atoms. The molecule has 0 spiro atoms. The van der Waals surface area contributed by atoms with Gasteiger partial charge in [-0.25, -0.2) is 14.6 Å². The van der Waals surface area contributed by atoms with E-state index in [2.05, 4.69) is 25.6 Å². The van der Waals surface area contributed by atoms with Gasteiger partial charge in [-0.05, 0) is 45.7 Å². The summed E-state index contributed by atoms with van der Waals surface area (Å²) in [6.07, 6.45) is 1.79. The molecule has 4 rings (SSSR count). The zero-order valence-corrected chi connectivity index (χ0v) is 12.6. The Morgan fingerprint density at radius 2 is 1.96 bits per heavy atom. The van der Waals surface area contributed by atoms with Gasteiger partial charge in [0, 0.05) is 18.6 Å². The first-order valence-electron chi connectivity index (χ1n) is 7.04. The van der Waals surface area contributed by atoms with Crippen LogP contribution in [0.15, 0.2) is 41.2 Å². The highest BCUT2D eigenvalue weighted by Gasteiger charge is 2.12. The van der Waals surface area contributed by atoms with Crippen molar-refractivity contribution in [3.63, 3.8) is 0 Å². The molecule has 4 aromatic rings. The molecule has 0 fully saturated rings. The molecule has 0 aliphatic rings. The van der Waals surface area contributed by atoms with E-state index in [0.717, 1.165) is 27.5 Å². The van der Waals surface area contributed by atoms with Crippen LogP contribution in [0.3, 0.4) is 0 Å². The first-order chi connectivity index (χ1) is 11.3. The molecule has 114 valence electrons. The lowest BCUT2D eigenvalue weighted by Crippen LogP contribution is -1.98. The van der Waals surface area contributed by atoms with Crippen molar-refractivity contribution in [2.45, 2.75) is 0 Å². The number of nitrogens with zero attached hydrogens (tertiary/aromatic N) is 4.